The first-order chi connectivity index (χ1) is 7.65. The van der Waals surface area contributed by atoms with Crippen molar-refractivity contribution in [1.29, 1.82) is 5.26 Å². The maximum absolute atomic E-state index is 10.6. The van der Waals surface area contributed by atoms with E-state index in [1.54, 1.807) is 12.1 Å². The monoisotopic (exact) mass is 213 g/mol. The molecule has 0 radical (unpaired) electrons. The van der Waals surface area contributed by atoms with Crippen LogP contribution >= 0.6 is 0 Å². The van der Waals surface area contributed by atoms with Gasteiger partial charge in [-0.1, -0.05) is 36.4 Å². The lowest BCUT2D eigenvalue weighted by molar-refractivity contribution is -0.132. The Balaban J connectivity index is 2.95. The van der Waals surface area contributed by atoms with Crippen molar-refractivity contribution < 1.29 is 9.90 Å². The van der Waals surface area contributed by atoms with Crippen LogP contribution in [-0.2, 0) is 4.79 Å². The van der Waals surface area contributed by atoms with Gasteiger partial charge in [-0.05, 0) is 24.1 Å². The van der Waals surface area contributed by atoms with Gasteiger partial charge in [0.25, 0.3) is 0 Å². The number of carbonyl (C=O) groups is 1. The van der Waals surface area contributed by atoms with Gasteiger partial charge in [0.2, 0.25) is 0 Å². The summed E-state index contributed by atoms with van der Waals surface area (Å²) in [5, 5.41) is 17.2. The molecule has 0 aromatic heterocycles. The highest BCUT2D eigenvalue weighted by atomic mass is 16.4. The highest BCUT2D eigenvalue weighted by molar-refractivity contribution is 5.91. The Morgan fingerprint density at radius 1 is 1.31 bits per heavy atom. The SMILES string of the molecule is CC(=CC=C(C#N)C(=O)O)c1ccccc1. The van der Waals surface area contributed by atoms with E-state index in [1.807, 2.05) is 37.3 Å². The van der Waals surface area contributed by atoms with Gasteiger partial charge in [-0.3, -0.25) is 0 Å². The van der Waals surface area contributed by atoms with E-state index in [1.165, 1.54) is 6.08 Å². The van der Waals surface area contributed by atoms with Crippen LogP contribution in [0.3, 0.4) is 0 Å². The zero-order valence-electron chi connectivity index (χ0n) is 8.84. The van der Waals surface area contributed by atoms with Gasteiger partial charge in [-0.15, -0.1) is 0 Å². The Morgan fingerprint density at radius 2 is 1.94 bits per heavy atom. The molecule has 0 bridgehead atoms. The van der Waals surface area contributed by atoms with Gasteiger partial charge in [-0.25, -0.2) is 4.79 Å². The highest BCUT2D eigenvalue weighted by Gasteiger charge is 2.03. The Morgan fingerprint density at radius 3 is 2.44 bits per heavy atom. The van der Waals surface area contributed by atoms with Gasteiger partial charge >= 0.3 is 5.97 Å². The molecular formula is C13H11NO2. The normalized spacial score (nSPS) is 12.0. The average molecular weight is 213 g/mol. The molecule has 16 heavy (non-hydrogen) atoms. The van der Waals surface area contributed by atoms with E-state index in [9.17, 15) is 4.79 Å². The molecule has 1 rings (SSSR count). The van der Waals surface area contributed by atoms with Gasteiger partial charge < -0.3 is 5.11 Å². The van der Waals surface area contributed by atoms with E-state index in [0.717, 1.165) is 11.1 Å². The Labute approximate surface area is 94.0 Å². The number of carboxylic acid groups (broad SMARTS) is 1. The summed E-state index contributed by atoms with van der Waals surface area (Å²) in [4.78, 5) is 10.6. The van der Waals surface area contributed by atoms with Crippen LogP contribution in [0.25, 0.3) is 5.57 Å². The van der Waals surface area contributed by atoms with Crippen LogP contribution in [0.15, 0.2) is 48.1 Å². The molecule has 0 atom stereocenters. The minimum Gasteiger partial charge on any atom is -0.477 e. The van der Waals surface area contributed by atoms with E-state index in [2.05, 4.69) is 0 Å². The lowest BCUT2D eigenvalue weighted by atomic mass is 10.1. The average Bonchev–Trinajstić information content (AvgIpc) is 2.30. The van der Waals surface area contributed by atoms with Crippen molar-refractivity contribution in [3.63, 3.8) is 0 Å². The fourth-order valence-corrected chi connectivity index (χ4v) is 1.16. The van der Waals surface area contributed by atoms with Crippen LogP contribution in [0.1, 0.15) is 12.5 Å². The van der Waals surface area contributed by atoms with Crippen molar-refractivity contribution in [3.8, 4) is 6.07 Å². The summed E-state index contributed by atoms with van der Waals surface area (Å²) in [7, 11) is 0. The number of hydrogen-bond acceptors (Lipinski definition) is 2. The molecule has 0 saturated carbocycles. The molecule has 80 valence electrons. The molecule has 1 aromatic rings. The van der Waals surface area contributed by atoms with Gasteiger partial charge in [-0.2, -0.15) is 5.26 Å². The predicted molar refractivity (Wildman–Crippen MR) is 61.4 cm³/mol. The molecule has 0 spiro atoms. The summed E-state index contributed by atoms with van der Waals surface area (Å²) < 4.78 is 0. The van der Waals surface area contributed by atoms with Crippen molar-refractivity contribution in [2.24, 2.45) is 0 Å². The Kier molecular flexibility index (Phi) is 4.05. The summed E-state index contributed by atoms with van der Waals surface area (Å²) in [5.74, 6) is -1.21. The zero-order valence-corrected chi connectivity index (χ0v) is 8.84. The fraction of sp³-hybridized carbons (Fsp3) is 0.0769. The van der Waals surface area contributed by atoms with Crippen LogP contribution in [0.4, 0.5) is 0 Å². The second-order valence-corrected chi connectivity index (χ2v) is 3.21. The second-order valence-electron chi connectivity index (χ2n) is 3.21. The van der Waals surface area contributed by atoms with Gasteiger partial charge in [0.05, 0.1) is 0 Å². The fourth-order valence-electron chi connectivity index (χ4n) is 1.16. The van der Waals surface area contributed by atoms with Gasteiger partial charge in [0.15, 0.2) is 0 Å². The number of carboxylic acids is 1. The maximum atomic E-state index is 10.6. The maximum Gasteiger partial charge on any atom is 0.346 e. The number of nitrogens with zero attached hydrogens (tertiary/aromatic N) is 1. The number of benzene rings is 1. The molecule has 0 aliphatic heterocycles. The molecule has 3 heteroatoms. The molecule has 0 aliphatic carbocycles. The van der Waals surface area contributed by atoms with Gasteiger partial charge in [0, 0.05) is 0 Å². The minimum atomic E-state index is -1.21. The van der Waals surface area contributed by atoms with Crippen molar-refractivity contribution in [2.75, 3.05) is 0 Å². The third-order valence-corrected chi connectivity index (χ3v) is 2.08. The lowest BCUT2D eigenvalue weighted by Gasteiger charge is -1.98. The van der Waals surface area contributed by atoms with E-state index in [0.29, 0.717) is 0 Å². The molecule has 0 amide bonds. The quantitative estimate of drug-likeness (QED) is 0.477. The number of rotatable bonds is 3. The molecule has 1 aromatic carbocycles. The molecular weight excluding hydrogens is 202 g/mol. The summed E-state index contributed by atoms with van der Waals surface area (Å²) >= 11 is 0. The molecule has 1 N–H and O–H groups in total. The molecule has 0 saturated heterocycles. The number of hydrogen-bond donors (Lipinski definition) is 1. The molecule has 0 fully saturated rings. The number of allylic oxidation sites excluding steroid dienone is 3. The van der Waals surface area contributed by atoms with Crippen LogP contribution in [0, 0.1) is 11.3 Å². The molecule has 0 unspecified atom stereocenters. The predicted octanol–water partition coefficient (Wildman–Crippen LogP) is 2.62. The van der Waals surface area contributed by atoms with Crippen molar-refractivity contribution >= 4 is 11.5 Å². The van der Waals surface area contributed by atoms with E-state index < -0.39 is 5.97 Å². The van der Waals surface area contributed by atoms with E-state index in [-0.39, 0.29) is 5.57 Å². The Bertz CT molecular complexity index is 478. The zero-order chi connectivity index (χ0) is 12.0. The smallest absolute Gasteiger partial charge is 0.346 e. The summed E-state index contributed by atoms with van der Waals surface area (Å²) in [6.07, 6.45) is 2.94. The van der Waals surface area contributed by atoms with E-state index in [4.69, 9.17) is 10.4 Å². The first-order valence-corrected chi connectivity index (χ1v) is 4.72. The third-order valence-electron chi connectivity index (χ3n) is 2.08. The lowest BCUT2D eigenvalue weighted by Crippen LogP contribution is -1.96. The summed E-state index contributed by atoms with van der Waals surface area (Å²) in [5.41, 5.74) is 1.64. The summed E-state index contributed by atoms with van der Waals surface area (Å²) in [6, 6.07) is 11.2. The Hall–Kier alpha value is -2.34. The first kappa shape index (κ1) is 11.7. The topological polar surface area (TPSA) is 61.1 Å². The molecule has 0 heterocycles. The second kappa shape index (κ2) is 5.52. The van der Waals surface area contributed by atoms with Crippen LogP contribution < -0.4 is 0 Å². The first-order valence-electron chi connectivity index (χ1n) is 4.72. The van der Waals surface area contributed by atoms with Gasteiger partial charge in [0.1, 0.15) is 11.6 Å². The third kappa shape index (κ3) is 3.10. The standard InChI is InChI=1S/C13H11NO2/c1-10(11-5-3-2-4-6-11)7-8-12(9-14)13(15)16/h2-8H,1H3,(H,15,16). The highest BCUT2D eigenvalue weighted by Crippen LogP contribution is 2.13. The molecule has 0 aliphatic rings. The number of nitriles is 1. The van der Waals surface area contributed by atoms with Crippen LogP contribution in [-0.4, -0.2) is 11.1 Å². The minimum absolute atomic E-state index is 0.268. The van der Waals surface area contributed by atoms with Crippen molar-refractivity contribution in [2.45, 2.75) is 6.92 Å². The summed E-state index contributed by atoms with van der Waals surface area (Å²) in [6.45, 7) is 1.86. The van der Waals surface area contributed by atoms with E-state index >= 15 is 0 Å². The van der Waals surface area contributed by atoms with Crippen molar-refractivity contribution in [3.05, 3.63) is 53.6 Å². The van der Waals surface area contributed by atoms with Crippen molar-refractivity contribution in [1.82, 2.24) is 0 Å². The van der Waals surface area contributed by atoms with Crippen LogP contribution in [0.5, 0.6) is 0 Å². The number of aliphatic carboxylic acids is 1. The largest absolute Gasteiger partial charge is 0.477 e. The van der Waals surface area contributed by atoms with Crippen LogP contribution in [0.2, 0.25) is 0 Å². The molecule has 3 nitrogen and oxygen atoms in total.